The predicted molar refractivity (Wildman–Crippen MR) is 104 cm³/mol. The third kappa shape index (κ3) is 3.23. The number of morpholine rings is 1. The standard InChI is InChI=1S/C18H17N3O4S2/c22-17-15-3-1-2-4-16(15)19-18(26)21(17)13-5-7-14(8-6-13)27(23,24)20-9-11-25-12-10-20/h1-8H,9-12H2,(H,19,26). The Balaban J connectivity index is 1.76. The molecule has 0 radical (unpaired) electrons. The quantitative estimate of drug-likeness (QED) is 0.677. The van der Waals surface area contributed by atoms with Crippen molar-refractivity contribution in [3.8, 4) is 5.69 Å². The summed E-state index contributed by atoms with van der Waals surface area (Å²) >= 11 is 5.32. The molecule has 0 atom stereocenters. The van der Waals surface area contributed by atoms with Crippen molar-refractivity contribution < 1.29 is 13.2 Å². The zero-order chi connectivity index (χ0) is 19.0. The Morgan fingerprint density at radius 2 is 1.67 bits per heavy atom. The summed E-state index contributed by atoms with van der Waals surface area (Å²) in [5.74, 6) is 0. The van der Waals surface area contributed by atoms with E-state index in [0.29, 0.717) is 42.9 Å². The molecule has 0 saturated carbocycles. The minimum absolute atomic E-state index is 0.178. The van der Waals surface area contributed by atoms with E-state index in [1.165, 1.54) is 21.0 Å². The highest BCUT2D eigenvalue weighted by Gasteiger charge is 2.26. The van der Waals surface area contributed by atoms with Crippen LogP contribution in [0, 0.1) is 4.77 Å². The zero-order valence-corrected chi connectivity index (χ0v) is 15.9. The maximum absolute atomic E-state index is 12.8. The summed E-state index contributed by atoms with van der Waals surface area (Å²) in [6.07, 6.45) is 0. The number of nitrogens with zero attached hydrogens (tertiary/aromatic N) is 2. The molecule has 0 aliphatic carbocycles. The molecule has 1 fully saturated rings. The Morgan fingerprint density at radius 3 is 2.37 bits per heavy atom. The van der Waals surface area contributed by atoms with Crippen molar-refractivity contribution in [2.45, 2.75) is 4.90 Å². The van der Waals surface area contributed by atoms with E-state index in [1.54, 1.807) is 30.3 Å². The normalized spacial score (nSPS) is 15.9. The van der Waals surface area contributed by atoms with Crippen molar-refractivity contribution in [1.29, 1.82) is 0 Å². The van der Waals surface area contributed by atoms with E-state index in [1.807, 2.05) is 6.07 Å². The van der Waals surface area contributed by atoms with Crippen LogP contribution in [0.15, 0.2) is 58.2 Å². The van der Waals surface area contributed by atoms with Gasteiger partial charge in [0.15, 0.2) is 4.77 Å². The molecule has 1 saturated heterocycles. The lowest BCUT2D eigenvalue weighted by Gasteiger charge is -2.26. The summed E-state index contributed by atoms with van der Waals surface area (Å²) in [5.41, 5.74) is 0.918. The largest absolute Gasteiger partial charge is 0.379 e. The Kier molecular flexibility index (Phi) is 4.68. The molecule has 2 heterocycles. The molecule has 27 heavy (non-hydrogen) atoms. The number of benzene rings is 2. The first-order chi connectivity index (χ1) is 13.0. The minimum atomic E-state index is -3.58. The van der Waals surface area contributed by atoms with Gasteiger partial charge in [-0.15, -0.1) is 0 Å². The second kappa shape index (κ2) is 7.01. The highest BCUT2D eigenvalue weighted by molar-refractivity contribution is 7.89. The van der Waals surface area contributed by atoms with Gasteiger partial charge in [0.05, 0.1) is 34.7 Å². The fourth-order valence-corrected chi connectivity index (χ4v) is 4.81. The molecular formula is C18H17N3O4S2. The van der Waals surface area contributed by atoms with Gasteiger partial charge in [-0.05, 0) is 48.6 Å². The van der Waals surface area contributed by atoms with E-state index in [9.17, 15) is 13.2 Å². The summed E-state index contributed by atoms with van der Waals surface area (Å²) in [6.45, 7) is 1.44. The molecule has 1 N–H and O–H groups in total. The topological polar surface area (TPSA) is 84.4 Å². The van der Waals surface area contributed by atoms with Crippen LogP contribution in [0.1, 0.15) is 0 Å². The second-order valence-electron chi connectivity index (χ2n) is 6.13. The molecule has 0 spiro atoms. The Hall–Kier alpha value is -2.33. The van der Waals surface area contributed by atoms with Crippen molar-refractivity contribution in [3.63, 3.8) is 0 Å². The molecule has 0 amide bonds. The molecule has 0 unspecified atom stereocenters. The number of sulfonamides is 1. The fraction of sp³-hybridized carbons (Fsp3) is 0.222. The van der Waals surface area contributed by atoms with Crippen LogP contribution in [0.3, 0.4) is 0 Å². The average Bonchev–Trinajstić information content (AvgIpc) is 2.69. The van der Waals surface area contributed by atoms with Crippen LogP contribution >= 0.6 is 12.2 Å². The molecule has 3 aromatic rings. The van der Waals surface area contributed by atoms with Gasteiger partial charge in [-0.25, -0.2) is 8.42 Å². The average molecular weight is 403 g/mol. The van der Waals surface area contributed by atoms with Crippen LogP contribution in [0.5, 0.6) is 0 Å². The maximum atomic E-state index is 12.8. The van der Waals surface area contributed by atoms with Crippen molar-refractivity contribution in [3.05, 3.63) is 63.7 Å². The lowest BCUT2D eigenvalue weighted by molar-refractivity contribution is 0.0730. The van der Waals surface area contributed by atoms with Gasteiger partial charge in [-0.1, -0.05) is 12.1 Å². The van der Waals surface area contributed by atoms with E-state index in [2.05, 4.69) is 4.98 Å². The third-order valence-electron chi connectivity index (χ3n) is 4.51. The first-order valence-corrected chi connectivity index (χ1v) is 10.3. The smallest absolute Gasteiger partial charge is 0.266 e. The van der Waals surface area contributed by atoms with Crippen LogP contribution in [-0.2, 0) is 14.8 Å². The summed E-state index contributed by atoms with van der Waals surface area (Å²) in [4.78, 5) is 16.0. The van der Waals surface area contributed by atoms with Gasteiger partial charge in [0.1, 0.15) is 0 Å². The Bertz CT molecular complexity index is 1210. The molecule has 1 aliphatic heterocycles. The van der Waals surface area contributed by atoms with Gasteiger partial charge >= 0.3 is 0 Å². The van der Waals surface area contributed by atoms with Crippen molar-refractivity contribution >= 4 is 33.1 Å². The van der Waals surface area contributed by atoms with Gasteiger partial charge in [0.2, 0.25) is 10.0 Å². The lowest BCUT2D eigenvalue weighted by Crippen LogP contribution is -2.40. The molecule has 7 nitrogen and oxygen atoms in total. The monoisotopic (exact) mass is 403 g/mol. The number of hydrogen-bond acceptors (Lipinski definition) is 5. The molecule has 9 heteroatoms. The number of ether oxygens (including phenoxy) is 1. The van der Waals surface area contributed by atoms with Gasteiger partial charge < -0.3 is 9.72 Å². The molecule has 140 valence electrons. The predicted octanol–water partition coefficient (Wildman–Crippen LogP) is 2.07. The van der Waals surface area contributed by atoms with E-state index in [0.717, 1.165) is 0 Å². The van der Waals surface area contributed by atoms with Crippen LogP contribution in [0.4, 0.5) is 0 Å². The number of hydrogen-bond donors (Lipinski definition) is 1. The summed E-state index contributed by atoms with van der Waals surface area (Å²) in [6, 6.07) is 13.3. The molecular weight excluding hydrogens is 386 g/mol. The number of H-pyrrole nitrogens is 1. The fourth-order valence-electron chi connectivity index (χ4n) is 3.10. The number of aromatic amines is 1. The van der Waals surface area contributed by atoms with Crippen molar-refractivity contribution in [1.82, 2.24) is 13.9 Å². The van der Waals surface area contributed by atoms with Crippen LogP contribution in [0.2, 0.25) is 0 Å². The van der Waals surface area contributed by atoms with Gasteiger partial charge in [-0.3, -0.25) is 9.36 Å². The van der Waals surface area contributed by atoms with E-state index in [4.69, 9.17) is 17.0 Å². The highest BCUT2D eigenvalue weighted by atomic mass is 32.2. The van der Waals surface area contributed by atoms with Crippen LogP contribution < -0.4 is 5.56 Å². The number of para-hydroxylation sites is 1. The molecule has 1 aliphatic rings. The number of aromatic nitrogens is 2. The number of nitrogens with one attached hydrogen (secondary N) is 1. The summed E-state index contributed by atoms with van der Waals surface area (Å²) in [5, 5.41) is 0.510. The first kappa shape index (κ1) is 18.1. The molecule has 2 aromatic carbocycles. The van der Waals surface area contributed by atoms with Crippen LogP contribution in [0.25, 0.3) is 16.6 Å². The zero-order valence-electron chi connectivity index (χ0n) is 14.3. The summed E-state index contributed by atoms with van der Waals surface area (Å²) < 4.78 is 33.7. The first-order valence-electron chi connectivity index (χ1n) is 8.41. The SMILES string of the molecule is O=c1c2ccccc2[nH]c(=S)n1-c1ccc(S(=O)(=O)N2CCOCC2)cc1. The molecule has 1 aromatic heterocycles. The van der Waals surface area contributed by atoms with Gasteiger partial charge in [0.25, 0.3) is 5.56 Å². The highest BCUT2D eigenvalue weighted by Crippen LogP contribution is 2.19. The molecule has 4 rings (SSSR count). The Morgan fingerprint density at radius 1 is 1.00 bits per heavy atom. The number of fused-ring (bicyclic) bond motifs is 1. The van der Waals surface area contributed by atoms with Gasteiger partial charge in [0, 0.05) is 13.1 Å². The van der Waals surface area contributed by atoms with Gasteiger partial charge in [-0.2, -0.15) is 4.31 Å². The van der Waals surface area contributed by atoms with E-state index < -0.39 is 10.0 Å². The van der Waals surface area contributed by atoms with Crippen LogP contribution in [-0.4, -0.2) is 48.6 Å². The van der Waals surface area contributed by atoms with Crippen molar-refractivity contribution in [2.24, 2.45) is 0 Å². The minimum Gasteiger partial charge on any atom is -0.379 e. The van der Waals surface area contributed by atoms with Crippen molar-refractivity contribution in [2.75, 3.05) is 26.3 Å². The summed E-state index contributed by atoms with van der Waals surface area (Å²) in [7, 11) is -3.58. The van der Waals surface area contributed by atoms with E-state index in [-0.39, 0.29) is 15.2 Å². The Labute approximate surface area is 160 Å². The molecule has 0 bridgehead atoms. The number of rotatable bonds is 3. The third-order valence-corrected chi connectivity index (χ3v) is 6.71. The maximum Gasteiger partial charge on any atom is 0.266 e. The second-order valence-corrected chi connectivity index (χ2v) is 8.45. The lowest BCUT2D eigenvalue weighted by atomic mass is 10.2. The van der Waals surface area contributed by atoms with E-state index >= 15 is 0 Å².